The van der Waals surface area contributed by atoms with E-state index in [0.29, 0.717) is 6.54 Å². The highest BCUT2D eigenvalue weighted by Crippen LogP contribution is 2.31. The minimum atomic E-state index is -4.31. The molecule has 118 valence electrons. The van der Waals surface area contributed by atoms with Crippen LogP contribution in [-0.2, 0) is 12.7 Å². The fourth-order valence-electron chi connectivity index (χ4n) is 2.32. The number of alkyl halides is 3. The van der Waals surface area contributed by atoms with Crippen molar-refractivity contribution in [3.05, 3.63) is 71.8 Å². The monoisotopic (exact) mass is 317 g/mol. The molecule has 0 spiro atoms. The van der Waals surface area contributed by atoms with Gasteiger partial charge >= 0.3 is 6.18 Å². The average Bonchev–Trinajstić information content (AvgIpc) is 2.93. The zero-order valence-electron chi connectivity index (χ0n) is 12.4. The van der Waals surface area contributed by atoms with E-state index in [4.69, 9.17) is 0 Å². The molecule has 0 aliphatic heterocycles. The van der Waals surface area contributed by atoms with Crippen LogP contribution in [0.2, 0.25) is 0 Å². The van der Waals surface area contributed by atoms with Gasteiger partial charge < -0.3 is 4.57 Å². The van der Waals surface area contributed by atoms with Gasteiger partial charge in [0.15, 0.2) is 0 Å². The molecule has 0 aliphatic carbocycles. The molecule has 1 heterocycles. The predicted molar refractivity (Wildman–Crippen MR) is 80.7 cm³/mol. The second-order valence-electron chi connectivity index (χ2n) is 5.28. The van der Waals surface area contributed by atoms with Crippen LogP contribution in [0.1, 0.15) is 17.0 Å². The van der Waals surface area contributed by atoms with Gasteiger partial charge in [0, 0.05) is 0 Å². The van der Waals surface area contributed by atoms with E-state index in [0.717, 1.165) is 34.6 Å². The largest absolute Gasteiger partial charge is 0.416 e. The Kier molecular flexibility index (Phi) is 3.90. The van der Waals surface area contributed by atoms with Crippen molar-refractivity contribution < 1.29 is 13.2 Å². The Balaban J connectivity index is 1.78. The Labute approximate surface area is 131 Å². The maximum Gasteiger partial charge on any atom is 0.416 e. The number of nitrogens with zero attached hydrogens (tertiary/aromatic N) is 3. The molecule has 3 nitrogen and oxygen atoms in total. The summed E-state index contributed by atoms with van der Waals surface area (Å²) in [6, 6.07) is 12.9. The first-order valence-electron chi connectivity index (χ1n) is 7.04. The Morgan fingerprint density at radius 1 is 0.913 bits per heavy atom. The van der Waals surface area contributed by atoms with Crippen LogP contribution < -0.4 is 0 Å². The van der Waals surface area contributed by atoms with E-state index >= 15 is 0 Å². The lowest BCUT2D eigenvalue weighted by Crippen LogP contribution is -2.04. The molecule has 0 saturated carbocycles. The van der Waals surface area contributed by atoms with Crippen LogP contribution in [0, 0.1) is 6.92 Å². The van der Waals surface area contributed by atoms with Crippen molar-refractivity contribution in [3.8, 4) is 11.1 Å². The molecule has 0 saturated heterocycles. The zero-order valence-corrected chi connectivity index (χ0v) is 12.4. The van der Waals surface area contributed by atoms with Crippen LogP contribution >= 0.6 is 0 Å². The highest BCUT2D eigenvalue weighted by atomic mass is 19.4. The summed E-state index contributed by atoms with van der Waals surface area (Å²) in [6.07, 6.45) is -2.64. The number of rotatable bonds is 3. The van der Waals surface area contributed by atoms with Crippen molar-refractivity contribution in [1.29, 1.82) is 0 Å². The number of hydrogen-bond acceptors (Lipinski definition) is 2. The van der Waals surface area contributed by atoms with Gasteiger partial charge in [-0.05, 0) is 35.7 Å². The van der Waals surface area contributed by atoms with Gasteiger partial charge in [-0.15, -0.1) is 10.2 Å². The molecule has 0 bridgehead atoms. The lowest BCUT2D eigenvalue weighted by atomic mass is 10.0. The smallest absolute Gasteiger partial charge is 0.313 e. The summed E-state index contributed by atoms with van der Waals surface area (Å²) >= 11 is 0. The molecule has 0 amide bonds. The molecule has 0 radical (unpaired) electrons. The molecule has 0 atom stereocenters. The van der Waals surface area contributed by atoms with E-state index in [2.05, 4.69) is 10.2 Å². The second kappa shape index (κ2) is 5.87. The maximum atomic E-state index is 12.6. The van der Waals surface area contributed by atoms with Crippen LogP contribution in [0.4, 0.5) is 13.2 Å². The first kappa shape index (κ1) is 15.3. The third-order valence-electron chi connectivity index (χ3n) is 3.66. The summed E-state index contributed by atoms with van der Waals surface area (Å²) in [5.41, 5.74) is 2.07. The normalized spacial score (nSPS) is 11.7. The lowest BCUT2D eigenvalue weighted by molar-refractivity contribution is -0.137. The molecule has 0 aliphatic rings. The van der Waals surface area contributed by atoms with Crippen molar-refractivity contribution in [2.45, 2.75) is 19.6 Å². The summed E-state index contributed by atoms with van der Waals surface area (Å²) in [7, 11) is 0. The van der Waals surface area contributed by atoms with E-state index in [9.17, 15) is 13.2 Å². The number of aryl methyl sites for hydroxylation is 1. The molecule has 3 rings (SSSR count). The van der Waals surface area contributed by atoms with Gasteiger partial charge in [-0.2, -0.15) is 13.2 Å². The van der Waals surface area contributed by atoms with Crippen LogP contribution in [0.15, 0.2) is 54.9 Å². The van der Waals surface area contributed by atoms with E-state index in [1.165, 1.54) is 12.1 Å². The first-order valence-corrected chi connectivity index (χ1v) is 7.04. The Morgan fingerprint density at radius 3 is 1.96 bits per heavy atom. The van der Waals surface area contributed by atoms with Gasteiger partial charge in [0.25, 0.3) is 0 Å². The lowest BCUT2D eigenvalue weighted by Gasteiger charge is -2.09. The quantitative estimate of drug-likeness (QED) is 0.720. The molecule has 3 aromatic rings. The third kappa shape index (κ3) is 3.41. The Morgan fingerprint density at radius 2 is 1.48 bits per heavy atom. The zero-order chi connectivity index (χ0) is 16.4. The molecule has 6 heteroatoms. The summed E-state index contributed by atoms with van der Waals surface area (Å²) in [6.45, 7) is 2.54. The molecule has 0 unspecified atom stereocenters. The highest BCUT2D eigenvalue weighted by molar-refractivity contribution is 5.64. The molecule has 0 fully saturated rings. The standard InChI is InChI=1S/C17H14F3N3/c1-12-22-21-11-23(12)10-13-2-4-14(5-3-13)15-6-8-16(9-7-15)17(18,19)20/h2-9,11H,10H2,1H3. The van der Waals surface area contributed by atoms with E-state index in [1.807, 2.05) is 35.8 Å². The van der Waals surface area contributed by atoms with Crippen molar-refractivity contribution in [2.24, 2.45) is 0 Å². The van der Waals surface area contributed by atoms with Gasteiger partial charge in [0.2, 0.25) is 0 Å². The van der Waals surface area contributed by atoms with Gasteiger partial charge in [-0.1, -0.05) is 36.4 Å². The molecule has 2 aromatic carbocycles. The summed E-state index contributed by atoms with van der Waals surface area (Å²) in [5, 5.41) is 7.76. The third-order valence-corrected chi connectivity index (χ3v) is 3.66. The van der Waals surface area contributed by atoms with E-state index < -0.39 is 11.7 Å². The van der Waals surface area contributed by atoms with Crippen molar-refractivity contribution >= 4 is 0 Å². The topological polar surface area (TPSA) is 30.7 Å². The van der Waals surface area contributed by atoms with Crippen molar-refractivity contribution in [1.82, 2.24) is 14.8 Å². The Hall–Kier alpha value is -2.63. The first-order chi connectivity index (χ1) is 10.9. The minimum absolute atomic E-state index is 0.638. The van der Waals surface area contributed by atoms with Gasteiger partial charge in [0.1, 0.15) is 12.2 Å². The number of hydrogen-bond donors (Lipinski definition) is 0. The number of halogens is 3. The van der Waals surface area contributed by atoms with Gasteiger partial charge in [0.05, 0.1) is 12.1 Å². The Bertz CT molecular complexity index is 787. The fraction of sp³-hybridized carbons (Fsp3) is 0.176. The van der Waals surface area contributed by atoms with Crippen LogP contribution in [0.3, 0.4) is 0 Å². The van der Waals surface area contributed by atoms with Crippen molar-refractivity contribution in [3.63, 3.8) is 0 Å². The molecular weight excluding hydrogens is 303 g/mol. The second-order valence-corrected chi connectivity index (χ2v) is 5.28. The summed E-state index contributed by atoms with van der Waals surface area (Å²) in [5.74, 6) is 0.830. The predicted octanol–water partition coefficient (Wildman–Crippen LogP) is 4.32. The van der Waals surface area contributed by atoms with Gasteiger partial charge in [-0.25, -0.2) is 0 Å². The van der Waals surface area contributed by atoms with E-state index in [1.54, 1.807) is 6.33 Å². The number of aromatic nitrogens is 3. The number of benzene rings is 2. The molecule has 23 heavy (non-hydrogen) atoms. The van der Waals surface area contributed by atoms with E-state index in [-0.39, 0.29) is 0 Å². The van der Waals surface area contributed by atoms with Crippen molar-refractivity contribution in [2.75, 3.05) is 0 Å². The molecular formula is C17H14F3N3. The fourth-order valence-corrected chi connectivity index (χ4v) is 2.32. The van der Waals surface area contributed by atoms with Gasteiger partial charge in [-0.3, -0.25) is 0 Å². The summed E-state index contributed by atoms with van der Waals surface area (Å²) in [4.78, 5) is 0. The highest BCUT2D eigenvalue weighted by Gasteiger charge is 2.29. The van der Waals surface area contributed by atoms with Crippen LogP contribution in [0.5, 0.6) is 0 Å². The summed E-state index contributed by atoms with van der Waals surface area (Å²) < 4.78 is 39.6. The molecule has 1 aromatic heterocycles. The van der Waals surface area contributed by atoms with Crippen LogP contribution in [0.25, 0.3) is 11.1 Å². The minimum Gasteiger partial charge on any atom is -0.313 e. The molecule has 0 N–H and O–H groups in total. The average molecular weight is 317 g/mol. The maximum absolute atomic E-state index is 12.6. The SMILES string of the molecule is Cc1nncn1Cc1ccc(-c2ccc(C(F)(F)F)cc2)cc1. The van der Waals surface area contributed by atoms with Crippen LogP contribution in [-0.4, -0.2) is 14.8 Å².